The lowest BCUT2D eigenvalue weighted by atomic mass is 10.2. The van der Waals surface area contributed by atoms with Crippen molar-refractivity contribution in [1.29, 1.82) is 0 Å². The Balaban J connectivity index is 1.80. The molecule has 0 spiro atoms. The molecule has 1 aliphatic rings. The molecule has 1 heterocycles. The molecule has 0 bridgehead atoms. The van der Waals surface area contributed by atoms with E-state index in [9.17, 15) is 0 Å². The topological polar surface area (TPSA) is 26.7 Å². The Kier molecular flexibility index (Phi) is 4.54. The normalized spacial score (nSPS) is 20.4. The highest BCUT2D eigenvalue weighted by molar-refractivity contribution is 5.14. The fourth-order valence-corrected chi connectivity index (χ4v) is 2.32. The number of benzene rings is 1. The Labute approximate surface area is 104 Å². The first-order valence-corrected chi connectivity index (χ1v) is 6.41. The minimum Gasteiger partial charge on any atom is -0.395 e. The van der Waals surface area contributed by atoms with Gasteiger partial charge < -0.3 is 5.11 Å². The number of hydrogen-bond acceptors (Lipinski definition) is 3. The second-order valence-corrected chi connectivity index (χ2v) is 4.83. The van der Waals surface area contributed by atoms with Crippen molar-refractivity contribution in [3.63, 3.8) is 0 Å². The fourth-order valence-electron chi connectivity index (χ4n) is 2.32. The van der Waals surface area contributed by atoms with Gasteiger partial charge in [0.1, 0.15) is 0 Å². The van der Waals surface area contributed by atoms with E-state index in [0.717, 1.165) is 32.7 Å². The minimum absolute atomic E-state index is 0.263. The van der Waals surface area contributed by atoms with Crippen LogP contribution in [0.2, 0.25) is 0 Å². The van der Waals surface area contributed by atoms with Crippen LogP contribution in [0.25, 0.3) is 0 Å². The van der Waals surface area contributed by atoms with E-state index < -0.39 is 0 Å². The van der Waals surface area contributed by atoms with Gasteiger partial charge in [0, 0.05) is 38.8 Å². The van der Waals surface area contributed by atoms with Crippen molar-refractivity contribution in [2.24, 2.45) is 0 Å². The summed E-state index contributed by atoms with van der Waals surface area (Å²) in [5.74, 6) is 0. The van der Waals surface area contributed by atoms with Crippen LogP contribution in [0.4, 0.5) is 0 Å². The summed E-state index contributed by atoms with van der Waals surface area (Å²) in [6.07, 6.45) is 0. The van der Waals surface area contributed by atoms with Crippen LogP contribution in [-0.4, -0.2) is 53.7 Å². The van der Waals surface area contributed by atoms with Crippen molar-refractivity contribution in [2.75, 3.05) is 32.8 Å². The molecule has 0 amide bonds. The molecular weight excluding hydrogens is 212 g/mol. The third kappa shape index (κ3) is 3.53. The van der Waals surface area contributed by atoms with Gasteiger partial charge in [0.05, 0.1) is 6.61 Å². The second kappa shape index (κ2) is 6.15. The average Bonchev–Trinajstić information content (AvgIpc) is 2.40. The molecule has 3 heteroatoms. The zero-order valence-electron chi connectivity index (χ0n) is 10.5. The first-order chi connectivity index (χ1) is 8.29. The number of aliphatic hydroxyl groups excluding tert-OH is 1. The fraction of sp³-hybridized carbons (Fsp3) is 0.571. The largest absolute Gasteiger partial charge is 0.395 e. The first kappa shape index (κ1) is 12.6. The quantitative estimate of drug-likeness (QED) is 0.847. The number of rotatable bonds is 4. The van der Waals surface area contributed by atoms with Gasteiger partial charge >= 0.3 is 0 Å². The van der Waals surface area contributed by atoms with Crippen LogP contribution in [-0.2, 0) is 6.54 Å². The van der Waals surface area contributed by atoms with Gasteiger partial charge in [0.25, 0.3) is 0 Å². The highest BCUT2D eigenvalue weighted by atomic mass is 16.3. The van der Waals surface area contributed by atoms with Gasteiger partial charge in [-0.1, -0.05) is 30.3 Å². The molecular formula is C14H22N2O. The average molecular weight is 234 g/mol. The molecule has 1 aromatic carbocycles. The van der Waals surface area contributed by atoms with Gasteiger partial charge in [-0.05, 0) is 12.5 Å². The third-order valence-corrected chi connectivity index (χ3v) is 3.54. The molecule has 1 aliphatic heterocycles. The van der Waals surface area contributed by atoms with Crippen LogP contribution in [0, 0.1) is 0 Å². The van der Waals surface area contributed by atoms with Gasteiger partial charge in [-0.25, -0.2) is 0 Å². The molecule has 0 radical (unpaired) electrons. The van der Waals surface area contributed by atoms with Crippen molar-refractivity contribution in [2.45, 2.75) is 19.5 Å². The number of piperazine rings is 1. The smallest absolute Gasteiger partial charge is 0.0584 e. The molecule has 1 atom stereocenters. The van der Waals surface area contributed by atoms with Gasteiger partial charge in [-0.15, -0.1) is 0 Å². The third-order valence-electron chi connectivity index (χ3n) is 3.54. The van der Waals surface area contributed by atoms with E-state index in [1.54, 1.807) is 0 Å². The standard InChI is InChI=1S/C14H22N2O/c1-13(12-17)16-9-7-15(8-10-16)11-14-5-3-2-4-6-14/h2-6,13,17H,7-12H2,1H3/t13-/m1/s1. The number of aliphatic hydroxyl groups is 1. The van der Waals surface area contributed by atoms with Crippen LogP contribution in [0.5, 0.6) is 0 Å². The summed E-state index contributed by atoms with van der Waals surface area (Å²) in [6, 6.07) is 10.9. The van der Waals surface area contributed by atoms with E-state index in [2.05, 4.69) is 47.1 Å². The predicted octanol–water partition coefficient (Wildman–Crippen LogP) is 1.18. The maximum absolute atomic E-state index is 9.13. The lowest BCUT2D eigenvalue weighted by molar-refractivity contribution is 0.0702. The Morgan fingerprint density at radius 3 is 2.35 bits per heavy atom. The maximum atomic E-state index is 9.13. The molecule has 1 saturated heterocycles. The molecule has 94 valence electrons. The lowest BCUT2D eigenvalue weighted by Gasteiger charge is -2.37. The van der Waals surface area contributed by atoms with E-state index in [-0.39, 0.29) is 6.61 Å². The predicted molar refractivity (Wildman–Crippen MR) is 69.8 cm³/mol. The van der Waals surface area contributed by atoms with E-state index in [1.165, 1.54) is 5.56 Å². The van der Waals surface area contributed by atoms with Crippen molar-refractivity contribution in [3.8, 4) is 0 Å². The Bertz CT molecular complexity index is 320. The SMILES string of the molecule is C[C@H](CO)N1CCN(Cc2ccccc2)CC1. The summed E-state index contributed by atoms with van der Waals surface area (Å²) in [7, 11) is 0. The molecule has 0 unspecified atom stereocenters. The molecule has 0 saturated carbocycles. The molecule has 1 aromatic rings. The van der Waals surface area contributed by atoms with E-state index in [1.807, 2.05) is 0 Å². The van der Waals surface area contributed by atoms with Crippen LogP contribution < -0.4 is 0 Å². The molecule has 1 N–H and O–H groups in total. The van der Waals surface area contributed by atoms with Crippen LogP contribution in [0.15, 0.2) is 30.3 Å². The minimum atomic E-state index is 0.263. The highest BCUT2D eigenvalue weighted by Crippen LogP contribution is 2.10. The number of nitrogens with zero attached hydrogens (tertiary/aromatic N) is 2. The molecule has 0 aromatic heterocycles. The molecule has 0 aliphatic carbocycles. The van der Waals surface area contributed by atoms with Crippen LogP contribution in [0.3, 0.4) is 0 Å². The lowest BCUT2D eigenvalue weighted by Crippen LogP contribution is -2.50. The summed E-state index contributed by atoms with van der Waals surface area (Å²) in [5.41, 5.74) is 1.39. The van der Waals surface area contributed by atoms with Gasteiger partial charge in [0.2, 0.25) is 0 Å². The second-order valence-electron chi connectivity index (χ2n) is 4.83. The van der Waals surface area contributed by atoms with E-state index in [0.29, 0.717) is 6.04 Å². The summed E-state index contributed by atoms with van der Waals surface area (Å²) in [6.45, 7) is 7.72. The van der Waals surface area contributed by atoms with E-state index >= 15 is 0 Å². The summed E-state index contributed by atoms with van der Waals surface area (Å²) < 4.78 is 0. The summed E-state index contributed by atoms with van der Waals surface area (Å²) >= 11 is 0. The van der Waals surface area contributed by atoms with Crippen LogP contribution >= 0.6 is 0 Å². The van der Waals surface area contributed by atoms with Crippen LogP contribution in [0.1, 0.15) is 12.5 Å². The van der Waals surface area contributed by atoms with Gasteiger partial charge in [-0.2, -0.15) is 0 Å². The van der Waals surface area contributed by atoms with Gasteiger partial charge in [-0.3, -0.25) is 9.80 Å². The van der Waals surface area contributed by atoms with Crippen molar-refractivity contribution < 1.29 is 5.11 Å². The Morgan fingerprint density at radius 2 is 1.76 bits per heavy atom. The zero-order chi connectivity index (χ0) is 12.1. The molecule has 2 rings (SSSR count). The highest BCUT2D eigenvalue weighted by Gasteiger charge is 2.20. The molecule has 1 fully saturated rings. The summed E-state index contributed by atoms with van der Waals surface area (Å²) in [5, 5.41) is 9.13. The maximum Gasteiger partial charge on any atom is 0.0584 e. The zero-order valence-corrected chi connectivity index (χ0v) is 10.5. The number of hydrogen-bond donors (Lipinski definition) is 1. The van der Waals surface area contributed by atoms with Crippen molar-refractivity contribution in [1.82, 2.24) is 9.80 Å². The van der Waals surface area contributed by atoms with Gasteiger partial charge in [0.15, 0.2) is 0 Å². The van der Waals surface area contributed by atoms with Crippen molar-refractivity contribution >= 4 is 0 Å². The molecule has 3 nitrogen and oxygen atoms in total. The summed E-state index contributed by atoms with van der Waals surface area (Å²) in [4.78, 5) is 4.84. The monoisotopic (exact) mass is 234 g/mol. The Hall–Kier alpha value is -0.900. The Morgan fingerprint density at radius 1 is 1.12 bits per heavy atom. The first-order valence-electron chi connectivity index (χ1n) is 6.41. The molecule has 17 heavy (non-hydrogen) atoms. The van der Waals surface area contributed by atoms with Crippen molar-refractivity contribution in [3.05, 3.63) is 35.9 Å². The van der Waals surface area contributed by atoms with E-state index in [4.69, 9.17) is 5.11 Å².